The minimum absolute atomic E-state index is 0.279. The van der Waals surface area contributed by atoms with Crippen LogP contribution in [-0.4, -0.2) is 9.97 Å². The summed E-state index contributed by atoms with van der Waals surface area (Å²) >= 11 is 5.59. The van der Waals surface area contributed by atoms with Gasteiger partial charge >= 0.3 is 6.18 Å². The summed E-state index contributed by atoms with van der Waals surface area (Å²) in [6.07, 6.45) is -2.25. The van der Waals surface area contributed by atoms with E-state index in [-0.39, 0.29) is 10.4 Å². The van der Waals surface area contributed by atoms with Crippen LogP contribution in [-0.2, 0) is 6.18 Å². The van der Waals surface area contributed by atoms with Crippen LogP contribution in [0, 0.1) is 0 Å². The minimum Gasteiger partial charge on any atom is -0.346 e. The highest BCUT2D eigenvalue weighted by Crippen LogP contribution is 2.37. The lowest BCUT2D eigenvalue weighted by Gasteiger charge is -2.07. The van der Waals surface area contributed by atoms with Crippen LogP contribution in [0.25, 0.3) is 11.0 Å². The van der Waals surface area contributed by atoms with Gasteiger partial charge in [0.15, 0.2) is 0 Å². The van der Waals surface area contributed by atoms with Crippen LogP contribution in [0.5, 0.6) is 0 Å². The van der Waals surface area contributed by atoms with Crippen molar-refractivity contribution in [2.24, 2.45) is 0 Å². The third-order valence-corrected chi connectivity index (χ3v) is 2.23. The molecule has 0 aliphatic carbocycles. The summed E-state index contributed by atoms with van der Waals surface area (Å²) in [5.74, 6) is 0. The number of rotatable bonds is 0. The number of H-pyrrole nitrogens is 1. The van der Waals surface area contributed by atoms with E-state index in [9.17, 15) is 13.2 Å². The minimum atomic E-state index is -4.46. The van der Waals surface area contributed by atoms with Crippen LogP contribution in [0.3, 0.4) is 0 Å². The summed E-state index contributed by atoms with van der Waals surface area (Å²) in [6.45, 7) is 4.00. The fraction of sp³-hybridized carbons (Fsp3) is 0.300. The van der Waals surface area contributed by atoms with Crippen molar-refractivity contribution in [2.75, 3.05) is 0 Å². The van der Waals surface area contributed by atoms with Crippen molar-refractivity contribution >= 4 is 22.6 Å². The fourth-order valence-corrected chi connectivity index (χ4v) is 1.48. The smallest absolute Gasteiger partial charge is 0.346 e. The van der Waals surface area contributed by atoms with Crippen molar-refractivity contribution in [3.8, 4) is 0 Å². The number of hydrogen-bond acceptors (Lipinski definition) is 1. The predicted molar refractivity (Wildman–Crippen MR) is 57.5 cm³/mol. The Labute approximate surface area is 95.4 Å². The van der Waals surface area contributed by atoms with Gasteiger partial charge in [0.05, 0.1) is 10.6 Å². The van der Waals surface area contributed by atoms with E-state index in [1.165, 1.54) is 12.3 Å². The second-order valence-electron chi connectivity index (χ2n) is 2.72. The molecule has 2 aromatic rings. The molecule has 16 heavy (non-hydrogen) atoms. The van der Waals surface area contributed by atoms with E-state index < -0.39 is 11.7 Å². The maximum atomic E-state index is 12.3. The molecule has 2 nitrogen and oxygen atoms in total. The monoisotopic (exact) mass is 250 g/mol. The number of pyridine rings is 1. The summed E-state index contributed by atoms with van der Waals surface area (Å²) in [4.78, 5) is 6.28. The third kappa shape index (κ3) is 2.29. The molecule has 0 saturated carbocycles. The van der Waals surface area contributed by atoms with Gasteiger partial charge in [-0.1, -0.05) is 25.4 Å². The topological polar surface area (TPSA) is 28.7 Å². The maximum absolute atomic E-state index is 12.3. The second kappa shape index (κ2) is 4.74. The first-order chi connectivity index (χ1) is 7.50. The van der Waals surface area contributed by atoms with Gasteiger partial charge in [-0.2, -0.15) is 13.2 Å². The zero-order valence-corrected chi connectivity index (χ0v) is 9.45. The maximum Gasteiger partial charge on any atom is 0.419 e. The van der Waals surface area contributed by atoms with Crippen LogP contribution in [0.1, 0.15) is 19.4 Å². The Kier molecular flexibility index (Phi) is 3.80. The molecule has 0 aromatic carbocycles. The van der Waals surface area contributed by atoms with Gasteiger partial charge in [0.1, 0.15) is 5.65 Å². The van der Waals surface area contributed by atoms with Gasteiger partial charge in [0.25, 0.3) is 0 Å². The molecule has 0 radical (unpaired) electrons. The van der Waals surface area contributed by atoms with E-state index in [1.54, 1.807) is 0 Å². The molecule has 0 aliphatic rings. The van der Waals surface area contributed by atoms with Gasteiger partial charge in [-0.25, -0.2) is 4.98 Å². The summed E-state index contributed by atoms with van der Waals surface area (Å²) < 4.78 is 37.0. The van der Waals surface area contributed by atoms with E-state index in [2.05, 4.69) is 9.97 Å². The molecule has 0 spiro atoms. The molecule has 0 fully saturated rings. The first-order valence-electron chi connectivity index (χ1n) is 4.69. The lowest BCUT2D eigenvalue weighted by atomic mass is 10.2. The van der Waals surface area contributed by atoms with Crippen LogP contribution in [0.15, 0.2) is 18.5 Å². The first-order valence-corrected chi connectivity index (χ1v) is 5.07. The van der Waals surface area contributed by atoms with E-state index in [0.29, 0.717) is 5.65 Å². The van der Waals surface area contributed by atoms with Crippen LogP contribution in [0.2, 0.25) is 5.02 Å². The predicted octanol–water partition coefficient (Wildman–Crippen LogP) is 4.26. The molecule has 0 saturated heterocycles. The van der Waals surface area contributed by atoms with Crippen molar-refractivity contribution < 1.29 is 13.2 Å². The number of alkyl halides is 3. The van der Waals surface area contributed by atoms with Crippen molar-refractivity contribution in [1.29, 1.82) is 0 Å². The van der Waals surface area contributed by atoms with Crippen molar-refractivity contribution in [3.05, 3.63) is 29.0 Å². The Morgan fingerprint density at radius 3 is 2.50 bits per heavy atom. The number of aromatic nitrogens is 2. The molecule has 1 N–H and O–H groups in total. The van der Waals surface area contributed by atoms with E-state index >= 15 is 0 Å². The van der Waals surface area contributed by atoms with Crippen molar-refractivity contribution in [1.82, 2.24) is 9.97 Å². The molecule has 88 valence electrons. The molecule has 2 rings (SSSR count). The summed E-state index contributed by atoms with van der Waals surface area (Å²) in [7, 11) is 0. The molecule has 6 heteroatoms. The average Bonchev–Trinajstić information content (AvgIpc) is 2.68. The first kappa shape index (κ1) is 12.8. The SMILES string of the molecule is CC.FC(F)(F)c1cnc2[nH]ccc2c1Cl. The van der Waals surface area contributed by atoms with Gasteiger partial charge in [-0.15, -0.1) is 0 Å². The van der Waals surface area contributed by atoms with E-state index in [0.717, 1.165) is 6.20 Å². The number of aromatic amines is 1. The molecular formula is C10H10ClF3N2. The third-order valence-electron chi connectivity index (χ3n) is 1.83. The fourth-order valence-electron chi connectivity index (χ4n) is 1.17. The molecule has 2 aromatic heterocycles. The van der Waals surface area contributed by atoms with Gasteiger partial charge in [0, 0.05) is 17.8 Å². The lowest BCUT2D eigenvalue weighted by Crippen LogP contribution is -2.06. The number of fused-ring (bicyclic) bond motifs is 1. The molecular weight excluding hydrogens is 241 g/mol. The van der Waals surface area contributed by atoms with Gasteiger partial charge in [-0.05, 0) is 6.07 Å². The summed E-state index contributed by atoms with van der Waals surface area (Å²) in [5, 5.41) is -0.0368. The number of nitrogens with one attached hydrogen (secondary N) is 1. The van der Waals surface area contributed by atoms with Crippen molar-refractivity contribution in [3.63, 3.8) is 0 Å². The number of halogens is 4. The number of nitrogens with zero attached hydrogens (tertiary/aromatic N) is 1. The highest BCUT2D eigenvalue weighted by molar-refractivity contribution is 6.36. The molecule has 0 atom stereocenters. The Morgan fingerprint density at radius 2 is 1.94 bits per heavy atom. The van der Waals surface area contributed by atoms with Crippen LogP contribution >= 0.6 is 11.6 Å². The molecule has 2 heterocycles. The van der Waals surface area contributed by atoms with Gasteiger partial charge < -0.3 is 4.98 Å². The highest BCUT2D eigenvalue weighted by atomic mass is 35.5. The molecule has 0 amide bonds. The summed E-state index contributed by atoms with van der Waals surface area (Å²) in [6, 6.07) is 1.46. The largest absolute Gasteiger partial charge is 0.419 e. The zero-order valence-electron chi connectivity index (χ0n) is 8.69. The Morgan fingerprint density at radius 1 is 1.31 bits per heavy atom. The Balaban J connectivity index is 0.000000606. The van der Waals surface area contributed by atoms with Crippen LogP contribution in [0.4, 0.5) is 13.2 Å². The standard InChI is InChI=1S/C8H4ClF3N2.C2H6/c9-6-4-1-2-13-7(4)14-3-5(6)8(10,11)12;1-2/h1-3H,(H,13,14);1-2H3. The normalized spacial score (nSPS) is 11.1. The van der Waals surface area contributed by atoms with Gasteiger partial charge in [-0.3, -0.25) is 0 Å². The highest BCUT2D eigenvalue weighted by Gasteiger charge is 2.34. The zero-order chi connectivity index (χ0) is 12.3. The number of hydrogen-bond donors (Lipinski definition) is 1. The van der Waals surface area contributed by atoms with Crippen molar-refractivity contribution in [2.45, 2.75) is 20.0 Å². The van der Waals surface area contributed by atoms with E-state index in [1.807, 2.05) is 13.8 Å². The lowest BCUT2D eigenvalue weighted by molar-refractivity contribution is -0.137. The quantitative estimate of drug-likeness (QED) is 0.743. The summed E-state index contributed by atoms with van der Waals surface area (Å²) in [5.41, 5.74) is -0.561. The Hall–Kier alpha value is -1.23. The second-order valence-corrected chi connectivity index (χ2v) is 3.10. The van der Waals surface area contributed by atoms with Gasteiger partial charge in [0.2, 0.25) is 0 Å². The average molecular weight is 251 g/mol. The van der Waals surface area contributed by atoms with Crippen LogP contribution < -0.4 is 0 Å². The molecule has 0 unspecified atom stereocenters. The molecule has 0 aliphatic heterocycles. The van der Waals surface area contributed by atoms with E-state index in [4.69, 9.17) is 11.6 Å². The molecule has 0 bridgehead atoms. The Bertz CT molecular complexity index is 476.